The molecular formula is C15H19ClO2. The predicted octanol–water partition coefficient (Wildman–Crippen LogP) is 4.50. The summed E-state index contributed by atoms with van der Waals surface area (Å²) in [7, 11) is 1.57. The van der Waals surface area contributed by atoms with Gasteiger partial charge in [0.25, 0.3) is 0 Å². The van der Waals surface area contributed by atoms with E-state index < -0.39 is 0 Å². The van der Waals surface area contributed by atoms with E-state index in [1.807, 2.05) is 0 Å². The lowest BCUT2D eigenvalue weighted by Gasteiger charge is -2.32. The molecule has 0 amide bonds. The first-order valence-corrected chi connectivity index (χ1v) is 6.83. The molecule has 0 N–H and O–H groups in total. The number of methoxy groups -OCH3 is 1. The first-order valence-electron chi connectivity index (χ1n) is 6.45. The van der Waals surface area contributed by atoms with Gasteiger partial charge in [0.2, 0.25) is 0 Å². The Kier molecular flexibility index (Phi) is 3.96. The maximum atomic E-state index is 12.6. The van der Waals surface area contributed by atoms with E-state index in [0.717, 1.165) is 25.7 Å². The Balaban J connectivity index is 2.27. The van der Waals surface area contributed by atoms with Gasteiger partial charge in [-0.05, 0) is 31.0 Å². The maximum absolute atomic E-state index is 12.6. The van der Waals surface area contributed by atoms with Gasteiger partial charge in [-0.25, -0.2) is 0 Å². The number of carbonyl (C=O) groups excluding carboxylic acids is 1. The minimum atomic E-state index is -0.211. The lowest BCUT2D eigenvalue weighted by Crippen LogP contribution is -2.30. The van der Waals surface area contributed by atoms with Crippen LogP contribution in [-0.4, -0.2) is 12.9 Å². The third-order valence-corrected chi connectivity index (χ3v) is 4.23. The van der Waals surface area contributed by atoms with Crippen molar-refractivity contribution in [1.82, 2.24) is 0 Å². The molecule has 1 aromatic rings. The van der Waals surface area contributed by atoms with Gasteiger partial charge in [0.15, 0.2) is 5.78 Å². The zero-order chi connectivity index (χ0) is 13.2. The van der Waals surface area contributed by atoms with Crippen LogP contribution in [0.5, 0.6) is 5.75 Å². The SMILES string of the molecule is COc1cc(C(=O)C2(C)CCCCC2)ccc1Cl. The molecular weight excluding hydrogens is 248 g/mol. The summed E-state index contributed by atoms with van der Waals surface area (Å²) in [6.07, 6.45) is 5.50. The minimum absolute atomic E-state index is 0.211. The summed E-state index contributed by atoms with van der Waals surface area (Å²) in [6, 6.07) is 5.29. The zero-order valence-electron chi connectivity index (χ0n) is 11.0. The molecule has 3 heteroatoms. The molecule has 0 atom stereocenters. The number of ether oxygens (including phenoxy) is 1. The Labute approximate surface area is 113 Å². The largest absolute Gasteiger partial charge is 0.495 e. The fraction of sp³-hybridized carbons (Fsp3) is 0.533. The fourth-order valence-electron chi connectivity index (χ4n) is 2.71. The van der Waals surface area contributed by atoms with Crippen molar-refractivity contribution in [2.75, 3.05) is 7.11 Å². The van der Waals surface area contributed by atoms with Crippen molar-refractivity contribution < 1.29 is 9.53 Å². The van der Waals surface area contributed by atoms with Crippen molar-refractivity contribution >= 4 is 17.4 Å². The Morgan fingerprint density at radius 1 is 1.28 bits per heavy atom. The normalized spacial score (nSPS) is 18.4. The standard InChI is InChI=1S/C15H19ClO2/c1-15(8-4-3-5-9-15)14(17)11-6-7-12(16)13(10-11)18-2/h6-7,10H,3-5,8-9H2,1-2H3. The Bertz CT molecular complexity index is 448. The van der Waals surface area contributed by atoms with Gasteiger partial charge in [-0.2, -0.15) is 0 Å². The molecule has 0 unspecified atom stereocenters. The second kappa shape index (κ2) is 5.31. The van der Waals surface area contributed by atoms with E-state index in [0.29, 0.717) is 16.3 Å². The van der Waals surface area contributed by atoms with Gasteiger partial charge in [0.1, 0.15) is 5.75 Å². The van der Waals surface area contributed by atoms with Crippen molar-refractivity contribution in [1.29, 1.82) is 0 Å². The van der Waals surface area contributed by atoms with Crippen molar-refractivity contribution in [3.63, 3.8) is 0 Å². The van der Waals surface area contributed by atoms with E-state index in [2.05, 4.69) is 6.92 Å². The van der Waals surface area contributed by atoms with E-state index in [1.165, 1.54) is 6.42 Å². The Hall–Kier alpha value is -1.02. The van der Waals surface area contributed by atoms with E-state index in [4.69, 9.17) is 16.3 Å². The highest BCUT2D eigenvalue weighted by molar-refractivity contribution is 6.32. The lowest BCUT2D eigenvalue weighted by atomic mass is 9.71. The molecule has 0 radical (unpaired) electrons. The van der Waals surface area contributed by atoms with Gasteiger partial charge in [-0.3, -0.25) is 4.79 Å². The number of hydrogen-bond acceptors (Lipinski definition) is 2. The van der Waals surface area contributed by atoms with Crippen molar-refractivity contribution in [3.8, 4) is 5.75 Å². The minimum Gasteiger partial charge on any atom is -0.495 e. The fourth-order valence-corrected chi connectivity index (χ4v) is 2.90. The van der Waals surface area contributed by atoms with E-state index in [-0.39, 0.29) is 11.2 Å². The average Bonchev–Trinajstić information content (AvgIpc) is 2.39. The number of carbonyl (C=O) groups is 1. The molecule has 2 nitrogen and oxygen atoms in total. The van der Waals surface area contributed by atoms with E-state index in [1.54, 1.807) is 25.3 Å². The molecule has 0 spiro atoms. The monoisotopic (exact) mass is 266 g/mol. The van der Waals surface area contributed by atoms with Crippen LogP contribution < -0.4 is 4.74 Å². The van der Waals surface area contributed by atoms with Crippen molar-refractivity contribution in [2.24, 2.45) is 5.41 Å². The molecule has 0 bridgehead atoms. The van der Waals surface area contributed by atoms with Crippen LogP contribution in [0.3, 0.4) is 0 Å². The third kappa shape index (κ3) is 2.54. The molecule has 18 heavy (non-hydrogen) atoms. The summed E-state index contributed by atoms with van der Waals surface area (Å²) in [4.78, 5) is 12.6. The molecule has 2 rings (SSSR count). The predicted molar refractivity (Wildman–Crippen MR) is 73.5 cm³/mol. The van der Waals surface area contributed by atoms with E-state index in [9.17, 15) is 4.79 Å². The van der Waals surface area contributed by atoms with Crippen LogP contribution in [0.15, 0.2) is 18.2 Å². The van der Waals surface area contributed by atoms with Crippen LogP contribution >= 0.6 is 11.6 Å². The highest BCUT2D eigenvalue weighted by atomic mass is 35.5. The lowest BCUT2D eigenvalue weighted by molar-refractivity contribution is 0.0749. The summed E-state index contributed by atoms with van der Waals surface area (Å²) >= 11 is 5.99. The highest BCUT2D eigenvalue weighted by Crippen LogP contribution is 2.39. The van der Waals surface area contributed by atoms with Crippen molar-refractivity contribution in [2.45, 2.75) is 39.0 Å². The van der Waals surface area contributed by atoms with Crippen LogP contribution in [0.25, 0.3) is 0 Å². The second-order valence-electron chi connectivity index (χ2n) is 5.30. The molecule has 1 aromatic carbocycles. The van der Waals surface area contributed by atoms with Crippen LogP contribution in [0.2, 0.25) is 5.02 Å². The molecule has 1 fully saturated rings. The summed E-state index contributed by atoms with van der Waals surface area (Å²) < 4.78 is 5.17. The maximum Gasteiger partial charge on any atom is 0.168 e. The van der Waals surface area contributed by atoms with Gasteiger partial charge in [0.05, 0.1) is 12.1 Å². The topological polar surface area (TPSA) is 26.3 Å². The molecule has 98 valence electrons. The third-order valence-electron chi connectivity index (χ3n) is 3.92. The van der Waals surface area contributed by atoms with Gasteiger partial charge >= 0.3 is 0 Å². The van der Waals surface area contributed by atoms with Crippen molar-refractivity contribution in [3.05, 3.63) is 28.8 Å². The smallest absolute Gasteiger partial charge is 0.168 e. The van der Waals surface area contributed by atoms with Gasteiger partial charge in [-0.1, -0.05) is 37.8 Å². The molecule has 1 aliphatic carbocycles. The molecule has 0 aromatic heterocycles. The summed E-state index contributed by atoms with van der Waals surface area (Å²) in [5.74, 6) is 0.791. The first-order chi connectivity index (χ1) is 8.57. The molecule has 1 aliphatic rings. The summed E-state index contributed by atoms with van der Waals surface area (Å²) in [6.45, 7) is 2.08. The number of ketones is 1. The second-order valence-corrected chi connectivity index (χ2v) is 5.71. The van der Waals surface area contributed by atoms with Crippen LogP contribution in [0.4, 0.5) is 0 Å². The van der Waals surface area contributed by atoms with Gasteiger partial charge in [0, 0.05) is 11.0 Å². The number of Topliss-reactive ketones (excluding diaryl/α,β-unsaturated/α-hetero) is 1. The Morgan fingerprint density at radius 2 is 1.94 bits per heavy atom. The zero-order valence-corrected chi connectivity index (χ0v) is 11.7. The van der Waals surface area contributed by atoms with Gasteiger partial charge in [-0.15, -0.1) is 0 Å². The quantitative estimate of drug-likeness (QED) is 0.753. The number of halogens is 1. The van der Waals surface area contributed by atoms with Crippen LogP contribution in [-0.2, 0) is 0 Å². The number of benzene rings is 1. The molecule has 0 saturated heterocycles. The highest BCUT2D eigenvalue weighted by Gasteiger charge is 2.35. The molecule has 1 saturated carbocycles. The van der Waals surface area contributed by atoms with Crippen LogP contribution in [0.1, 0.15) is 49.4 Å². The average molecular weight is 267 g/mol. The number of hydrogen-bond donors (Lipinski definition) is 0. The number of rotatable bonds is 3. The molecule has 0 aliphatic heterocycles. The molecule has 0 heterocycles. The summed E-state index contributed by atoms with van der Waals surface area (Å²) in [5.41, 5.74) is 0.498. The first kappa shape index (κ1) is 13.4. The van der Waals surface area contributed by atoms with Crippen LogP contribution in [0, 0.1) is 5.41 Å². The van der Waals surface area contributed by atoms with E-state index >= 15 is 0 Å². The van der Waals surface area contributed by atoms with Gasteiger partial charge < -0.3 is 4.74 Å². The Morgan fingerprint density at radius 3 is 2.56 bits per heavy atom. The summed E-state index contributed by atoms with van der Waals surface area (Å²) in [5, 5.41) is 0.544.